The van der Waals surface area contributed by atoms with Crippen molar-refractivity contribution in [1.29, 1.82) is 0 Å². The monoisotopic (exact) mass is 477 g/mol. The molecule has 5 aromatic rings. The van der Waals surface area contributed by atoms with Crippen LogP contribution in [0.25, 0.3) is 17.1 Å². The molecule has 3 aromatic carbocycles. The molecule has 0 atom stereocenters. The van der Waals surface area contributed by atoms with Gasteiger partial charge in [-0.15, -0.1) is 0 Å². The van der Waals surface area contributed by atoms with Gasteiger partial charge in [0.05, 0.1) is 19.1 Å². The van der Waals surface area contributed by atoms with E-state index in [-0.39, 0.29) is 11.8 Å². The number of benzene rings is 3. The van der Waals surface area contributed by atoms with E-state index >= 15 is 0 Å². The van der Waals surface area contributed by atoms with Crippen molar-refractivity contribution in [3.05, 3.63) is 126 Å². The van der Waals surface area contributed by atoms with E-state index in [1.54, 1.807) is 30.2 Å². The predicted molar refractivity (Wildman–Crippen MR) is 139 cm³/mol. The zero-order chi connectivity index (χ0) is 24.7. The van der Waals surface area contributed by atoms with E-state index < -0.39 is 0 Å². The molecule has 2 aromatic heterocycles. The molecule has 36 heavy (non-hydrogen) atoms. The van der Waals surface area contributed by atoms with E-state index in [1.165, 1.54) is 11.1 Å². The highest BCUT2D eigenvalue weighted by atomic mass is 16.5. The number of methoxy groups -OCH3 is 1. The van der Waals surface area contributed by atoms with Gasteiger partial charge < -0.3 is 14.5 Å². The zero-order valence-corrected chi connectivity index (χ0v) is 20.0. The number of hydrogen-bond acceptors (Lipinski definition) is 4. The molecule has 0 aliphatic heterocycles. The topological polar surface area (TPSA) is 69.3 Å². The maximum absolute atomic E-state index is 13.4. The Morgan fingerprint density at radius 3 is 2.17 bits per heavy atom. The van der Waals surface area contributed by atoms with Crippen molar-refractivity contribution in [2.45, 2.75) is 12.3 Å². The van der Waals surface area contributed by atoms with Gasteiger partial charge in [0.25, 0.3) is 5.91 Å². The van der Waals surface area contributed by atoms with Gasteiger partial charge >= 0.3 is 0 Å². The molecular weight excluding hydrogens is 450 g/mol. The number of nitrogens with one attached hydrogen (secondary N) is 1. The Morgan fingerprint density at radius 1 is 0.917 bits per heavy atom. The van der Waals surface area contributed by atoms with Crippen molar-refractivity contribution in [3.63, 3.8) is 0 Å². The second kappa shape index (κ2) is 10.8. The normalized spacial score (nSPS) is 10.9. The fourth-order valence-corrected chi connectivity index (χ4v) is 4.32. The van der Waals surface area contributed by atoms with Crippen LogP contribution in [-0.4, -0.2) is 29.3 Å². The van der Waals surface area contributed by atoms with Crippen LogP contribution in [0.15, 0.2) is 114 Å². The molecule has 0 bridgehead atoms. The van der Waals surface area contributed by atoms with E-state index in [0.29, 0.717) is 23.7 Å². The number of nitrogens with zero attached hydrogens (tertiary/aromatic N) is 2. The van der Waals surface area contributed by atoms with Gasteiger partial charge in [-0.05, 0) is 53.9 Å². The van der Waals surface area contributed by atoms with Crippen molar-refractivity contribution < 1.29 is 13.9 Å². The van der Waals surface area contributed by atoms with E-state index in [4.69, 9.17) is 9.15 Å². The standard InChI is InChI=1S/C30H27N3O3/c1-35-25-16-14-24(15-17-25)33-28(21-27(32-33)29-13-8-20-36-29)30(34)31-19-18-26(22-9-4-2-5-10-22)23-11-6-3-7-12-23/h2-17,20-21,26H,18-19H2,1H3,(H,31,34). The van der Waals surface area contributed by atoms with E-state index in [9.17, 15) is 4.79 Å². The van der Waals surface area contributed by atoms with E-state index in [0.717, 1.165) is 17.9 Å². The lowest BCUT2D eigenvalue weighted by Crippen LogP contribution is -2.28. The molecule has 0 saturated heterocycles. The molecule has 2 heterocycles. The molecule has 0 fully saturated rings. The lowest BCUT2D eigenvalue weighted by atomic mass is 9.88. The number of amides is 1. The summed E-state index contributed by atoms with van der Waals surface area (Å²) in [4.78, 5) is 13.4. The highest BCUT2D eigenvalue weighted by Crippen LogP contribution is 2.28. The van der Waals surface area contributed by atoms with Crippen LogP contribution in [-0.2, 0) is 0 Å². The van der Waals surface area contributed by atoms with Crippen molar-refractivity contribution in [3.8, 4) is 22.9 Å². The lowest BCUT2D eigenvalue weighted by molar-refractivity contribution is 0.0945. The maximum atomic E-state index is 13.4. The highest BCUT2D eigenvalue weighted by Gasteiger charge is 2.20. The Kier molecular flexibility index (Phi) is 6.94. The minimum absolute atomic E-state index is 0.179. The third kappa shape index (κ3) is 5.08. The summed E-state index contributed by atoms with van der Waals surface area (Å²) in [5.41, 5.74) is 4.22. The number of ether oxygens (including phenoxy) is 1. The number of rotatable bonds is 9. The van der Waals surface area contributed by atoms with Crippen LogP contribution in [0, 0.1) is 0 Å². The van der Waals surface area contributed by atoms with Crippen LogP contribution in [0.3, 0.4) is 0 Å². The van der Waals surface area contributed by atoms with Crippen LogP contribution in [0.1, 0.15) is 34.0 Å². The average Bonchev–Trinajstić information content (AvgIpc) is 3.63. The first-order valence-electron chi connectivity index (χ1n) is 11.9. The molecule has 5 rings (SSSR count). The molecule has 0 spiro atoms. The van der Waals surface area contributed by atoms with E-state index in [2.05, 4.69) is 34.7 Å². The maximum Gasteiger partial charge on any atom is 0.270 e. The summed E-state index contributed by atoms with van der Waals surface area (Å²) in [5, 5.41) is 7.76. The Balaban J connectivity index is 1.38. The third-order valence-corrected chi connectivity index (χ3v) is 6.16. The average molecular weight is 478 g/mol. The summed E-state index contributed by atoms with van der Waals surface area (Å²) in [6.45, 7) is 0.511. The van der Waals surface area contributed by atoms with Gasteiger partial charge in [0.15, 0.2) is 5.76 Å². The molecule has 0 radical (unpaired) electrons. The molecule has 6 nitrogen and oxygen atoms in total. The third-order valence-electron chi connectivity index (χ3n) is 6.16. The van der Waals surface area contributed by atoms with Crippen LogP contribution >= 0.6 is 0 Å². The molecule has 0 aliphatic rings. The molecule has 0 aliphatic carbocycles. The second-order valence-electron chi connectivity index (χ2n) is 8.42. The quantitative estimate of drug-likeness (QED) is 0.279. The first-order chi connectivity index (χ1) is 17.7. The van der Waals surface area contributed by atoms with Gasteiger partial charge in [0.2, 0.25) is 0 Å². The molecule has 1 amide bonds. The molecule has 0 unspecified atom stereocenters. The largest absolute Gasteiger partial charge is 0.497 e. The minimum Gasteiger partial charge on any atom is -0.497 e. The highest BCUT2D eigenvalue weighted by molar-refractivity contribution is 5.94. The molecule has 180 valence electrons. The molecular formula is C30H27N3O3. The molecule has 1 N–H and O–H groups in total. The SMILES string of the molecule is COc1ccc(-n2nc(-c3ccco3)cc2C(=O)NCCC(c2ccccc2)c2ccccc2)cc1. The minimum atomic E-state index is -0.198. The first kappa shape index (κ1) is 23.2. The number of carbonyl (C=O) groups is 1. The number of furan rings is 1. The summed E-state index contributed by atoms with van der Waals surface area (Å²) >= 11 is 0. The zero-order valence-electron chi connectivity index (χ0n) is 20.0. The van der Waals surface area contributed by atoms with Crippen LogP contribution in [0.4, 0.5) is 0 Å². The van der Waals surface area contributed by atoms with Crippen molar-refractivity contribution in [1.82, 2.24) is 15.1 Å². The van der Waals surface area contributed by atoms with Gasteiger partial charge in [-0.25, -0.2) is 4.68 Å². The Labute approximate surface area is 210 Å². The van der Waals surface area contributed by atoms with Gasteiger partial charge in [-0.2, -0.15) is 5.10 Å². The summed E-state index contributed by atoms with van der Waals surface area (Å²) in [6, 6.07) is 33.6. The molecule has 6 heteroatoms. The predicted octanol–water partition coefficient (Wildman–Crippen LogP) is 6.09. The summed E-state index contributed by atoms with van der Waals surface area (Å²) in [5.74, 6) is 1.31. The van der Waals surface area contributed by atoms with Crippen molar-refractivity contribution >= 4 is 5.91 Å². The van der Waals surface area contributed by atoms with E-state index in [1.807, 2.05) is 66.7 Å². The Morgan fingerprint density at radius 2 is 1.58 bits per heavy atom. The van der Waals surface area contributed by atoms with Gasteiger partial charge in [-0.3, -0.25) is 4.79 Å². The van der Waals surface area contributed by atoms with Gasteiger partial charge in [-0.1, -0.05) is 60.7 Å². The van der Waals surface area contributed by atoms with Crippen LogP contribution in [0.5, 0.6) is 5.75 Å². The molecule has 0 saturated carbocycles. The smallest absolute Gasteiger partial charge is 0.270 e. The summed E-state index contributed by atoms with van der Waals surface area (Å²) < 4.78 is 12.4. The van der Waals surface area contributed by atoms with Gasteiger partial charge in [0, 0.05) is 18.5 Å². The van der Waals surface area contributed by atoms with Gasteiger partial charge in [0.1, 0.15) is 17.1 Å². The number of hydrogen-bond donors (Lipinski definition) is 1. The number of carbonyl (C=O) groups excluding carboxylic acids is 1. The number of aromatic nitrogens is 2. The van der Waals surface area contributed by atoms with Crippen LogP contribution in [0.2, 0.25) is 0 Å². The fraction of sp³-hybridized carbons (Fsp3) is 0.133. The Bertz CT molecular complexity index is 1350. The van der Waals surface area contributed by atoms with Crippen molar-refractivity contribution in [2.75, 3.05) is 13.7 Å². The van der Waals surface area contributed by atoms with Crippen LogP contribution < -0.4 is 10.1 Å². The second-order valence-corrected chi connectivity index (χ2v) is 8.42. The fourth-order valence-electron chi connectivity index (χ4n) is 4.32. The summed E-state index contributed by atoms with van der Waals surface area (Å²) in [7, 11) is 1.62. The van der Waals surface area contributed by atoms with Crippen molar-refractivity contribution in [2.24, 2.45) is 0 Å². The summed E-state index contributed by atoms with van der Waals surface area (Å²) in [6.07, 6.45) is 2.36. The lowest BCUT2D eigenvalue weighted by Gasteiger charge is -2.18. The Hall–Kier alpha value is -4.58. The first-order valence-corrected chi connectivity index (χ1v) is 11.9.